The van der Waals surface area contributed by atoms with Gasteiger partial charge in [0.2, 0.25) is 0 Å². The highest BCUT2D eigenvalue weighted by Gasteiger charge is 2.31. The molecular weight excluding hydrogens is 344 g/mol. The summed E-state index contributed by atoms with van der Waals surface area (Å²) in [6.45, 7) is 6.84. The van der Waals surface area contributed by atoms with Gasteiger partial charge in [0.15, 0.2) is 5.16 Å². The molecule has 2 aromatic rings. The van der Waals surface area contributed by atoms with E-state index in [1.807, 2.05) is 0 Å². The molecule has 0 fully saturated rings. The fraction of sp³-hybridized carbons (Fsp3) is 0.588. The first-order valence-electron chi connectivity index (χ1n) is 8.03. The normalized spacial score (nSPS) is 17.8. The molecular formula is C17H22N2O3S2. The number of fused-ring (bicyclic) bond motifs is 3. The summed E-state index contributed by atoms with van der Waals surface area (Å²) in [4.78, 5) is 33.2. The average molecular weight is 367 g/mol. The fourth-order valence-corrected chi connectivity index (χ4v) is 5.21. The molecule has 1 aliphatic rings. The molecule has 0 bridgehead atoms. The third-order valence-electron chi connectivity index (χ3n) is 4.68. The molecule has 130 valence electrons. The first kappa shape index (κ1) is 17.5. The number of nitrogens with one attached hydrogen (secondary N) is 1. The Morgan fingerprint density at radius 1 is 1.46 bits per heavy atom. The number of ether oxygens (including phenoxy) is 1. The van der Waals surface area contributed by atoms with Crippen molar-refractivity contribution in [1.29, 1.82) is 0 Å². The van der Waals surface area contributed by atoms with Crippen LogP contribution in [0.4, 0.5) is 0 Å². The molecule has 1 aliphatic carbocycles. The number of hydrogen-bond donors (Lipinski definition) is 1. The highest BCUT2D eigenvalue weighted by molar-refractivity contribution is 7.99. The van der Waals surface area contributed by atoms with E-state index in [9.17, 15) is 9.59 Å². The summed E-state index contributed by atoms with van der Waals surface area (Å²) in [5.41, 5.74) is 1.35. The number of H-pyrrole nitrogens is 1. The zero-order valence-corrected chi connectivity index (χ0v) is 16.0. The van der Waals surface area contributed by atoms with Gasteiger partial charge in [-0.2, -0.15) is 0 Å². The Bertz CT molecular complexity index is 833. The number of rotatable bonds is 3. The molecule has 1 atom stereocenters. The van der Waals surface area contributed by atoms with Crippen LogP contribution in [0.25, 0.3) is 10.2 Å². The van der Waals surface area contributed by atoms with Crippen LogP contribution in [0.2, 0.25) is 0 Å². The fourth-order valence-electron chi connectivity index (χ4n) is 3.16. The van der Waals surface area contributed by atoms with E-state index in [-0.39, 0.29) is 22.7 Å². The molecule has 1 N–H and O–H groups in total. The number of thiophene rings is 1. The molecule has 1 unspecified atom stereocenters. The van der Waals surface area contributed by atoms with Gasteiger partial charge in [0, 0.05) is 4.88 Å². The van der Waals surface area contributed by atoms with E-state index in [1.54, 1.807) is 11.3 Å². The second-order valence-corrected chi connectivity index (χ2v) is 9.27. The molecule has 5 nitrogen and oxygen atoms in total. The Balaban J connectivity index is 1.93. The molecule has 0 saturated heterocycles. The lowest BCUT2D eigenvalue weighted by molar-refractivity contribution is -0.137. The van der Waals surface area contributed by atoms with Crippen molar-refractivity contribution in [3.8, 4) is 0 Å². The quantitative estimate of drug-likeness (QED) is 0.512. The molecule has 7 heteroatoms. The summed E-state index contributed by atoms with van der Waals surface area (Å²) >= 11 is 2.83. The van der Waals surface area contributed by atoms with Gasteiger partial charge in [-0.05, 0) is 36.2 Å². The van der Waals surface area contributed by atoms with Crippen LogP contribution in [0.5, 0.6) is 0 Å². The van der Waals surface area contributed by atoms with E-state index in [1.165, 1.54) is 29.3 Å². The monoisotopic (exact) mass is 366 g/mol. The number of aromatic nitrogens is 2. The standard InChI is InChI=1S/C17H22N2O3S2/c1-17(2,3)9-5-6-10-11(7-9)24-15-13(10)14(21)18-16(19-15)23-8-12(20)22-4/h9H,5-8H2,1-4H3,(H,18,19,21). The Labute approximate surface area is 149 Å². The van der Waals surface area contributed by atoms with Crippen molar-refractivity contribution in [3.63, 3.8) is 0 Å². The van der Waals surface area contributed by atoms with Gasteiger partial charge in [-0.15, -0.1) is 11.3 Å². The Kier molecular flexibility index (Phi) is 4.75. The van der Waals surface area contributed by atoms with Crippen molar-refractivity contribution in [2.24, 2.45) is 11.3 Å². The second kappa shape index (κ2) is 6.52. The van der Waals surface area contributed by atoms with Crippen molar-refractivity contribution >= 4 is 39.3 Å². The molecule has 24 heavy (non-hydrogen) atoms. The van der Waals surface area contributed by atoms with Gasteiger partial charge in [-0.25, -0.2) is 4.98 Å². The van der Waals surface area contributed by atoms with Crippen LogP contribution in [0.1, 0.15) is 37.6 Å². The van der Waals surface area contributed by atoms with E-state index in [0.29, 0.717) is 11.1 Å². The summed E-state index contributed by atoms with van der Waals surface area (Å²) in [5, 5.41) is 1.22. The van der Waals surface area contributed by atoms with Crippen LogP contribution in [0.15, 0.2) is 9.95 Å². The summed E-state index contributed by atoms with van der Waals surface area (Å²) < 4.78 is 4.62. The van der Waals surface area contributed by atoms with E-state index in [0.717, 1.165) is 29.5 Å². The number of carbonyl (C=O) groups is 1. The third kappa shape index (κ3) is 3.37. The van der Waals surface area contributed by atoms with Gasteiger partial charge in [0.1, 0.15) is 4.83 Å². The molecule has 0 aliphatic heterocycles. The van der Waals surface area contributed by atoms with E-state index >= 15 is 0 Å². The lowest BCUT2D eigenvalue weighted by Crippen LogP contribution is -2.26. The smallest absolute Gasteiger partial charge is 0.316 e. The van der Waals surface area contributed by atoms with E-state index < -0.39 is 0 Å². The zero-order valence-electron chi connectivity index (χ0n) is 14.4. The summed E-state index contributed by atoms with van der Waals surface area (Å²) in [5.74, 6) is 0.439. The maximum atomic E-state index is 12.5. The summed E-state index contributed by atoms with van der Waals surface area (Å²) in [7, 11) is 1.35. The van der Waals surface area contributed by atoms with Crippen LogP contribution in [-0.2, 0) is 22.4 Å². The number of carbonyl (C=O) groups excluding carboxylic acids is 1. The minimum absolute atomic E-state index is 0.0981. The largest absolute Gasteiger partial charge is 0.468 e. The molecule has 0 saturated carbocycles. The lowest BCUT2D eigenvalue weighted by Gasteiger charge is -2.33. The van der Waals surface area contributed by atoms with Gasteiger partial charge >= 0.3 is 5.97 Å². The first-order chi connectivity index (χ1) is 11.3. The van der Waals surface area contributed by atoms with Crippen LogP contribution < -0.4 is 5.56 Å². The van der Waals surface area contributed by atoms with Crippen molar-refractivity contribution < 1.29 is 9.53 Å². The highest BCUT2D eigenvalue weighted by Crippen LogP contribution is 2.42. The predicted octanol–water partition coefficient (Wildman–Crippen LogP) is 3.40. The number of aryl methyl sites for hydroxylation is 1. The topological polar surface area (TPSA) is 72.0 Å². The van der Waals surface area contributed by atoms with Gasteiger partial charge in [-0.3, -0.25) is 9.59 Å². The van der Waals surface area contributed by atoms with E-state index in [4.69, 9.17) is 0 Å². The molecule has 2 aromatic heterocycles. The summed E-state index contributed by atoms with van der Waals surface area (Å²) in [6, 6.07) is 0. The van der Waals surface area contributed by atoms with E-state index in [2.05, 4.69) is 35.5 Å². The number of hydrogen-bond acceptors (Lipinski definition) is 6. The van der Waals surface area contributed by atoms with Crippen molar-refractivity contribution in [2.45, 2.75) is 45.2 Å². The Morgan fingerprint density at radius 2 is 2.21 bits per heavy atom. The highest BCUT2D eigenvalue weighted by atomic mass is 32.2. The maximum Gasteiger partial charge on any atom is 0.316 e. The zero-order chi connectivity index (χ0) is 17.5. The molecule has 3 rings (SSSR count). The van der Waals surface area contributed by atoms with Gasteiger partial charge in [-0.1, -0.05) is 32.5 Å². The van der Waals surface area contributed by atoms with Crippen LogP contribution in [0.3, 0.4) is 0 Å². The minimum Gasteiger partial charge on any atom is -0.468 e. The number of esters is 1. The maximum absolute atomic E-state index is 12.5. The van der Waals surface area contributed by atoms with Gasteiger partial charge < -0.3 is 9.72 Å². The van der Waals surface area contributed by atoms with Crippen LogP contribution >= 0.6 is 23.1 Å². The van der Waals surface area contributed by atoms with Gasteiger partial charge in [0.25, 0.3) is 5.56 Å². The van der Waals surface area contributed by atoms with Crippen molar-refractivity contribution in [2.75, 3.05) is 12.9 Å². The number of thioether (sulfide) groups is 1. The Morgan fingerprint density at radius 3 is 2.88 bits per heavy atom. The predicted molar refractivity (Wildman–Crippen MR) is 98.0 cm³/mol. The number of aromatic amines is 1. The number of nitrogens with zero attached hydrogens (tertiary/aromatic N) is 1. The van der Waals surface area contributed by atoms with Crippen molar-refractivity contribution in [3.05, 3.63) is 20.8 Å². The SMILES string of the molecule is COC(=O)CSc1nc2sc3c(c2c(=O)[nH]1)CCC(C(C)(C)C)C3. The van der Waals surface area contributed by atoms with Crippen molar-refractivity contribution in [1.82, 2.24) is 9.97 Å². The minimum atomic E-state index is -0.332. The van der Waals surface area contributed by atoms with Gasteiger partial charge in [0.05, 0.1) is 18.2 Å². The third-order valence-corrected chi connectivity index (χ3v) is 6.67. The molecule has 0 radical (unpaired) electrons. The molecule has 2 heterocycles. The van der Waals surface area contributed by atoms with Crippen LogP contribution in [-0.4, -0.2) is 28.8 Å². The molecule has 0 spiro atoms. The second-order valence-electron chi connectivity index (χ2n) is 7.23. The average Bonchev–Trinajstić information content (AvgIpc) is 2.89. The first-order valence-corrected chi connectivity index (χ1v) is 9.84. The van der Waals surface area contributed by atoms with Crippen LogP contribution in [0, 0.1) is 11.3 Å². The lowest BCUT2D eigenvalue weighted by atomic mass is 9.72. The molecule has 0 aromatic carbocycles. The Hall–Kier alpha value is -1.34. The number of methoxy groups -OCH3 is 1. The molecule has 0 amide bonds. The summed E-state index contributed by atoms with van der Waals surface area (Å²) in [6.07, 6.45) is 3.07.